The number of nitrogens with one attached hydrogen (secondary N) is 2. The van der Waals surface area contributed by atoms with Crippen molar-refractivity contribution in [1.29, 1.82) is 0 Å². The summed E-state index contributed by atoms with van der Waals surface area (Å²) in [5, 5.41) is 11.6. The fraction of sp³-hybridized carbons (Fsp3) is 0.429. The summed E-state index contributed by atoms with van der Waals surface area (Å²) >= 11 is 0. The normalized spacial score (nSPS) is 16.1. The van der Waals surface area contributed by atoms with Crippen LogP contribution in [0.5, 0.6) is 0 Å². The first-order chi connectivity index (χ1) is 14.2. The topological polar surface area (TPSA) is 113 Å². The van der Waals surface area contributed by atoms with Crippen molar-refractivity contribution in [3.8, 4) is 0 Å². The van der Waals surface area contributed by atoms with Crippen LogP contribution >= 0.6 is 0 Å². The van der Waals surface area contributed by atoms with Gasteiger partial charge in [-0.1, -0.05) is 0 Å². The van der Waals surface area contributed by atoms with Gasteiger partial charge in [-0.2, -0.15) is 10.1 Å². The molecule has 0 aliphatic heterocycles. The molecule has 2 aliphatic carbocycles. The van der Waals surface area contributed by atoms with Gasteiger partial charge in [-0.3, -0.25) is 9.89 Å². The number of benzene rings is 1. The molecule has 5 rings (SSSR count). The van der Waals surface area contributed by atoms with E-state index in [1.165, 1.54) is 12.8 Å². The van der Waals surface area contributed by atoms with Gasteiger partial charge in [0.05, 0.1) is 11.7 Å². The van der Waals surface area contributed by atoms with Gasteiger partial charge < -0.3 is 16.0 Å². The highest BCUT2D eigenvalue weighted by molar-refractivity contribution is 5.83. The number of fused-ring (bicyclic) bond motifs is 1. The number of anilines is 3. The van der Waals surface area contributed by atoms with E-state index in [1.807, 2.05) is 12.4 Å². The van der Waals surface area contributed by atoms with Crippen LogP contribution in [0.25, 0.3) is 10.9 Å². The van der Waals surface area contributed by atoms with Gasteiger partial charge in [0.25, 0.3) is 0 Å². The third kappa shape index (κ3) is 4.01. The van der Waals surface area contributed by atoms with Gasteiger partial charge in [0, 0.05) is 42.3 Å². The van der Waals surface area contributed by atoms with E-state index in [-0.39, 0.29) is 12.3 Å². The van der Waals surface area contributed by atoms with Crippen LogP contribution in [-0.2, 0) is 4.79 Å². The minimum Gasteiger partial charge on any atom is -0.370 e. The zero-order valence-electron chi connectivity index (χ0n) is 16.3. The lowest BCUT2D eigenvalue weighted by Crippen LogP contribution is -2.23. The summed E-state index contributed by atoms with van der Waals surface area (Å²) in [5.74, 6) is 2.37. The molecule has 2 heterocycles. The molecule has 3 aromatic rings. The Morgan fingerprint density at radius 2 is 2.10 bits per heavy atom. The summed E-state index contributed by atoms with van der Waals surface area (Å²) in [7, 11) is 0. The zero-order valence-corrected chi connectivity index (χ0v) is 16.3. The number of nitrogens with two attached hydrogens (primary N) is 1. The first-order valence-electron chi connectivity index (χ1n) is 10.3. The molecule has 29 heavy (non-hydrogen) atoms. The lowest BCUT2D eigenvalue weighted by molar-refractivity contribution is -0.117. The summed E-state index contributed by atoms with van der Waals surface area (Å²) in [6.45, 7) is 1.37. The van der Waals surface area contributed by atoms with Crippen molar-refractivity contribution in [2.45, 2.75) is 38.0 Å². The van der Waals surface area contributed by atoms with E-state index in [9.17, 15) is 4.79 Å². The Labute approximate surface area is 168 Å². The lowest BCUT2D eigenvalue weighted by Gasteiger charge is -2.24. The predicted octanol–water partition coefficient (Wildman–Crippen LogP) is 3.07. The molecule has 0 spiro atoms. The number of aromatic amines is 1. The van der Waals surface area contributed by atoms with Crippen LogP contribution in [0.3, 0.4) is 0 Å². The Balaban J connectivity index is 1.48. The lowest BCUT2D eigenvalue weighted by atomic mass is 10.2. The van der Waals surface area contributed by atoms with E-state index < -0.39 is 0 Å². The molecule has 0 bridgehead atoms. The Hall–Kier alpha value is -3.16. The van der Waals surface area contributed by atoms with Crippen LogP contribution in [0.4, 0.5) is 17.5 Å². The first-order valence-corrected chi connectivity index (χ1v) is 10.3. The standard InChI is InChI=1S/C21H25N7O/c22-19(29)7-8-23-20-17(14-3-4-14)11-24-21(26-20)28(12-13-1-2-13)16-6-5-15-10-25-27-18(15)9-16/h5-6,9-11,13-14H,1-4,7-8,12H2,(H2,22,29)(H,25,27)(H,23,24,26). The molecule has 8 heteroatoms. The van der Waals surface area contributed by atoms with E-state index >= 15 is 0 Å². The van der Waals surface area contributed by atoms with Crippen molar-refractivity contribution >= 4 is 34.3 Å². The zero-order chi connectivity index (χ0) is 19.8. The molecule has 2 saturated carbocycles. The number of hydrogen-bond acceptors (Lipinski definition) is 6. The highest BCUT2D eigenvalue weighted by Gasteiger charge is 2.30. The summed E-state index contributed by atoms with van der Waals surface area (Å²) in [6, 6.07) is 6.26. The van der Waals surface area contributed by atoms with Crippen molar-refractivity contribution in [2.75, 3.05) is 23.3 Å². The third-order valence-corrected chi connectivity index (χ3v) is 5.60. The van der Waals surface area contributed by atoms with Crippen LogP contribution in [0.15, 0.2) is 30.6 Å². The van der Waals surface area contributed by atoms with Crippen LogP contribution in [0.1, 0.15) is 43.6 Å². The fourth-order valence-electron chi connectivity index (χ4n) is 3.60. The number of hydrogen-bond donors (Lipinski definition) is 3. The van der Waals surface area contributed by atoms with Crippen molar-refractivity contribution < 1.29 is 4.79 Å². The minimum absolute atomic E-state index is 0.283. The molecule has 0 radical (unpaired) electrons. The molecule has 2 aliphatic rings. The molecule has 0 atom stereocenters. The Morgan fingerprint density at radius 1 is 1.24 bits per heavy atom. The average Bonchev–Trinajstić information content (AvgIpc) is 3.64. The summed E-state index contributed by atoms with van der Waals surface area (Å²) in [5.41, 5.74) is 8.47. The van der Waals surface area contributed by atoms with Gasteiger partial charge >= 0.3 is 0 Å². The quantitative estimate of drug-likeness (QED) is 0.517. The molecule has 1 aromatic carbocycles. The van der Waals surface area contributed by atoms with Crippen LogP contribution < -0.4 is 16.0 Å². The number of carbonyl (C=O) groups excluding carboxylic acids is 1. The number of aromatic nitrogens is 4. The molecule has 150 valence electrons. The fourth-order valence-corrected chi connectivity index (χ4v) is 3.60. The SMILES string of the molecule is NC(=O)CCNc1nc(N(CC2CC2)c2ccc3cn[nH]c3c2)ncc1C1CC1. The minimum atomic E-state index is -0.317. The average molecular weight is 391 g/mol. The Morgan fingerprint density at radius 3 is 2.86 bits per heavy atom. The second-order valence-corrected chi connectivity index (χ2v) is 8.09. The van der Waals surface area contributed by atoms with Gasteiger partial charge in [-0.15, -0.1) is 0 Å². The summed E-state index contributed by atoms with van der Waals surface area (Å²) in [6.07, 6.45) is 8.86. The number of H-pyrrole nitrogens is 1. The van der Waals surface area contributed by atoms with Gasteiger partial charge in [0.1, 0.15) is 5.82 Å². The maximum atomic E-state index is 11.1. The van der Waals surface area contributed by atoms with Crippen molar-refractivity contribution in [2.24, 2.45) is 11.7 Å². The molecule has 0 saturated heterocycles. The van der Waals surface area contributed by atoms with Gasteiger partial charge in [0.2, 0.25) is 11.9 Å². The van der Waals surface area contributed by atoms with Crippen molar-refractivity contribution in [3.05, 3.63) is 36.2 Å². The van der Waals surface area contributed by atoms with Crippen LogP contribution in [0.2, 0.25) is 0 Å². The van der Waals surface area contributed by atoms with Crippen molar-refractivity contribution in [3.63, 3.8) is 0 Å². The first kappa shape index (κ1) is 17.9. The maximum Gasteiger partial charge on any atom is 0.231 e. The highest BCUT2D eigenvalue weighted by atomic mass is 16.1. The second-order valence-electron chi connectivity index (χ2n) is 8.09. The molecule has 2 aromatic heterocycles. The smallest absolute Gasteiger partial charge is 0.231 e. The van der Waals surface area contributed by atoms with Crippen molar-refractivity contribution in [1.82, 2.24) is 20.2 Å². The van der Waals surface area contributed by atoms with Crippen LogP contribution in [0, 0.1) is 5.92 Å². The van der Waals surface area contributed by atoms with E-state index in [1.54, 1.807) is 0 Å². The third-order valence-electron chi connectivity index (χ3n) is 5.60. The van der Waals surface area contributed by atoms with E-state index in [4.69, 9.17) is 15.7 Å². The molecular formula is C21H25N7O. The Bertz CT molecular complexity index is 1040. The highest BCUT2D eigenvalue weighted by Crippen LogP contribution is 2.43. The molecule has 1 amide bonds. The number of primary amides is 1. The predicted molar refractivity (Wildman–Crippen MR) is 112 cm³/mol. The summed E-state index contributed by atoms with van der Waals surface area (Å²) < 4.78 is 0. The largest absolute Gasteiger partial charge is 0.370 e. The van der Waals surface area contributed by atoms with Crippen LogP contribution in [-0.4, -0.2) is 39.2 Å². The van der Waals surface area contributed by atoms with Gasteiger partial charge in [-0.25, -0.2) is 4.98 Å². The van der Waals surface area contributed by atoms with Gasteiger partial charge in [0.15, 0.2) is 0 Å². The van der Waals surface area contributed by atoms with E-state index in [0.29, 0.717) is 24.3 Å². The monoisotopic (exact) mass is 391 g/mol. The number of nitrogens with zero attached hydrogens (tertiary/aromatic N) is 4. The maximum absolute atomic E-state index is 11.1. The molecule has 0 unspecified atom stereocenters. The second kappa shape index (κ2) is 7.35. The summed E-state index contributed by atoms with van der Waals surface area (Å²) in [4.78, 5) is 22.9. The molecule has 4 N–H and O–H groups in total. The molecule has 2 fully saturated rings. The Kier molecular flexibility index (Phi) is 4.54. The van der Waals surface area contributed by atoms with E-state index in [0.717, 1.165) is 47.4 Å². The van der Waals surface area contributed by atoms with E-state index in [2.05, 4.69) is 38.6 Å². The number of amides is 1. The molecule has 8 nitrogen and oxygen atoms in total. The number of rotatable bonds is 9. The molecular weight excluding hydrogens is 366 g/mol. The van der Waals surface area contributed by atoms with Gasteiger partial charge in [-0.05, 0) is 55.7 Å². The number of carbonyl (C=O) groups is 1.